The number of hydrogen-bond acceptors (Lipinski definition) is 18. The molecule has 0 unspecified atom stereocenters. The van der Waals surface area contributed by atoms with Crippen LogP contribution in [0, 0.1) is 11.8 Å². The van der Waals surface area contributed by atoms with Crippen molar-refractivity contribution in [2.24, 2.45) is 11.8 Å². The summed E-state index contributed by atoms with van der Waals surface area (Å²) >= 11 is 0. The van der Waals surface area contributed by atoms with Gasteiger partial charge in [0.1, 0.15) is 84.4 Å². The highest BCUT2D eigenvalue weighted by atomic mass is 16.5. The molecular formula is C70H88N16O14. The van der Waals surface area contributed by atoms with Crippen LogP contribution < -0.4 is 52.0 Å². The van der Waals surface area contributed by atoms with Crippen molar-refractivity contribution in [1.82, 2.24) is 82.3 Å². The molecule has 30 heteroatoms. The van der Waals surface area contributed by atoms with Gasteiger partial charge in [-0.15, -0.1) is 10.2 Å². The summed E-state index contributed by atoms with van der Waals surface area (Å²) < 4.78 is 15.2. The normalized spacial score (nSPS) is 22.3. The summed E-state index contributed by atoms with van der Waals surface area (Å²) in [6, 6.07) is 17.6. The minimum absolute atomic E-state index is 0.0210. The predicted octanol–water partition coefficient (Wildman–Crippen LogP) is 1.20. The number of nitrogens with one attached hydrogen (secondary N) is 8. The average Bonchev–Trinajstić information content (AvgIpc) is 1.64. The van der Waals surface area contributed by atoms with Crippen LogP contribution in [0.3, 0.4) is 0 Å². The maximum Gasteiger partial charge on any atom is 0.326 e. The Labute approximate surface area is 578 Å². The number of carbonyl (C=O) groups is 10. The second-order valence-electron chi connectivity index (χ2n) is 26.2. The molecule has 30 nitrogen and oxygen atoms in total. The van der Waals surface area contributed by atoms with Gasteiger partial charge in [0.25, 0.3) is 0 Å². The van der Waals surface area contributed by atoms with Crippen LogP contribution in [0.5, 0.6) is 11.5 Å². The minimum Gasteiger partial charge on any atom is -0.487 e. The lowest BCUT2D eigenvalue weighted by Gasteiger charge is -2.31. The molecule has 12 atom stereocenters. The zero-order valence-corrected chi connectivity index (χ0v) is 57.1. The van der Waals surface area contributed by atoms with E-state index < -0.39 is 144 Å². The van der Waals surface area contributed by atoms with Crippen molar-refractivity contribution in [2.45, 2.75) is 166 Å². The molecule has 10 N–H and O–H groups in total. The number of carbonyl (C=O) groups excluding carboxylic acids is 8. The molecule has 8 amide bonds. The van der Waals surface area contributed by atoms with Gasteiger partial charge >= 0.3 is 11.9 Å². The summed E-state index contributed by atoms with van der Waals surface area (Å²) in [6.07, 6.45) is 2.64. The average molecular weight is 1380 g/mol. The number of hydrogen-bond donors (Lipinski definition) is 10. The van der Waals surface area contributed by atoms with Crippen molar-refractivity contribution in [3.63, 3.8) is 0 Å². The van der Waals surface area contributed by atoms with E-state index in [-0.39, 0.29) is 64.8 Å². The Kier molecular flexibility index (Phi) is 24.9. The van der Waals surface area contributed by atoms with Crippen molar-refractivity contribution in [3.8, 4) is 11.5 Å². The van der Waals surface area contributed by atoms with Gasteiger partial charge in [-0.25, -0.2) is 19.0 Å². The highest BCUT2D eigenvalue weighted by Gasteiger charge is 2.47. The summed E-state index contributed by atoms with van der Waals surface area (Å²) in [5.41, 5.74) is 2.97. The molecule has 100 heavy (non-hydrogen) atoms. The zero-order valence-electron chi connectivity index (χ0n) is 57.1. The van der Waals surface area contributed by atoms with Crippen molar-refractivity contribution >= 4 is 59.2 Å². The lowest BCUT2D eigenvalue weighted by molar-refractivity contribution is -0.144. The van der Waals surface area contributed by atoms with E-state index >= 15 is 0 Å². The summed E-state index contributed by atoms with van der Waals surface area (Å²) in [4.78, 5) is 144. The molecule has 0 aliphatic carbocycles. The molecular weight excluding hydrogens is 1290 g/mol. The summed E-state index contributed by atoms with van der Waals surface area (Å²) in [7, 11) is 3.21. The first-order valence-corrected chi connectivity index (χ1v) is 33.4. The number of amides is 8. The Morgan fingerprint density at radius 1 is 0.510 bits per heavy atom. The Morgan fingerprint density at radius 3 is 1.20 bits per heavy atom. The number of carboxylic acids is 2. The lowest BCUT2D eigenvalue weighted by Crippen LogP contribution is -2.59. The molecule has 6 aromatic rings. The predicted molar refractivity (Wildman–Crippen MR) is 361 cm³/mol. The van der Waals surface area contributed by atoms with Gasteiger partial charge in [-0.05, 0) is 86.3 Å². The Balaban J connectivity index is 1.03. The Bertz CT molecular complexity index is 3610. The summed E-state index contributed by atoms with van der Waals surface area (Å²) in [6.45, 7) is 9.94. The topological polar surface area (TPSA) is 394 Å². The van der Waals surface area contributed by atoms with E-state index in [1.807, 2.05) is 0 Å². The molecule has 6 aliphatic rings. The van der Waals surface area contributed by atoms with E-state index in [4.69, 9.17) is 9.47 Å². The number of aliphatic carboxylic acids is 2. The number of rotatable bonds is 16. The van der Waals surface area contributed by atoms with Crippen LogP contribution in [-0.4, -0.2) is 197 Å². The van der Waals surface area contributed by atoms with Gasteiger partial charge < -0.3 is 72.0 Å². The first-order valence-electron chi connectivity index (χ1n) is 33.4. The second kappa shape index (κ2) is 33.8. The maximum absolute atomic E-state index is 15.0. The zero-order chi connectivity index (χ0) is 71.9. The highest BCUT2D eigenvalue weighted by Crippen LogP contribution is 2.32. The lowest BCUT2D eigenvalue weighted by atomic mass is 10.0. The number of carboxylic acid groups (broad SMARTS) is 2. The van der Waals surface area contributed by atoms with Crippen LogP contribution >= 0.6 is 0 Å². The van der Waals surface area contributed by atoms with Crippen LogP contribution in [0.15, 0.2) is 122 Å². The molecule has 2 fully saturated rings. The fourth-order valence-electron chi connectivity index (χ4n) is 12.1. The fraction of sp³-hybridized carbons (Fsp3) is 0.457. The van der Waals surface area contributed by atoms with Crippen molar-refractivity contribution in [3.05, 3.63) is 155 Å². The molecule has 2 aromatic heterocycles. The van der Waals surface area contributed by atoms with Gasteiger partial charge in [-0.2, -0.15) is 0 Å². The first kappa shape index (κ1) is 73.6. The number of benzene rings is 4. The standard InChI is InChI=1S/C70H88N16O14/c1-39(2)59(77-61(87)41(5)71-7)67(93)83-35-49-31-57(83)65(91)73-53(27-43-15-11-9-12-16-43)63(89)75-55(69(95)96)29-45-21-25-52(26-22-45)100-38-48-34-86(82-80-48)50-32-58(84(36-50)68(94)60(40(3)4)78-62(88)42(6)72-8)66(92)74-54(28-44-17-13-10-14-18-44)64(90)76-56(70(97)98)30-46-19-23-51(24-20-46)99-37-47-33-85(49)81-79-47/h9-26,33-34,39-42,49-50,53-60,71-72H,27-32,35-38H2,1-8H3,(H,73,91)(H,74,92)(H,75,89)(H,76,90)(H,77,87)(H,78,88)(H,95,96)(H,97,98)/t41-,42-,49-,50-,53-,54-,55-,56-,57-,58-,59-,60-/m0/s1. The third-order valence-corrected chi connectivity index (χ3v) is 18.3. The fourth-order valence-corrected chi connectivity index (χ4v) is 12.1. The quantitative estimate of drug-likeness (QED) is 0.0651. The van der Waals surface area contributed by atoms with Crippen molar-refractivity contribution in [2.75, 3.05) is 27.2 Å². The first-order chi connectivity index (χ1) is 47.9. The summed E-state index contributed by atoms with van der Waals surface area (Å²) in [5, 5.41) is 61.0. The number of nitrogens with zero attached hydrogens (tertiary/aromatic N) is 8. The molecule has 12 bridgehead atoms. The third-order valence-electron chi connectivity index (χ3n) is 18.3. The van der Waals surface area contributed by atoms with Gasteiger partial charge in [-0.1, -0.05) is 123 Å². The van der Waals surface area contributed by atoms with Gasteiger partial charge in [0.05, 0.1) is 36.6 Å². The van der Waals surface area contributed by atoms with E-state index in [1.165, 1.54) is 19.2 Å². The number of ether oxygens (including phenoxy) is 2. The minimum atomic E-state index is -1.49. The smallest absolute Gasteiger partial charge is 0.326 e. The van der Waals surface area contributed by atoms with Crippen LogP contribution in [0.1, 0.15) is 100 Å². The number of aromatic nitrogens is 6. The van der Waals surface area contributed by atoms with Crippen LogP contribution in [-0.2, 0) is 86.8 Å². The van der Waals surface area contributed by atoms with Gasteiger partial charge in [0.2, 0.25) is 47.3 Å². The molecule has 6 aliphatic heterocycles. The monoisotopic (exact) mass is 1380 g/mol. The molecule has 4 aromatic carbocycles. The largest absolute Gasteiger partial charge is 0.487 e. The third kappa shape index (κ3) is 19.0. The molecule has 2 saturated heterocycles. The molecule has 8 heterocycles. The molecule has 532 valence electrons. The van der Waals surface area contributed by atoms with Gasteiger partial charge in [-0.3, -0.25) is 38.4 Å². The summed E-state index contributed by atoms with van der Waals surface area (Å²) in [5.74, 6) is -8.00. The maximum atomic E-state index is 15.0. The van der Waals surface area contributed by atoms with E-state index in [2.05, 4.69) is 63.2 Å². The van der Waals surface area contributed by atoms with E-state index in [1.54, 1.807) is 177 Å². The van der Waals surface area contributed by atoms with Crippen LogP contribution in [0.2, 0.25) is 0 Å². The molecule has 12 rings (SSSR count). The van der Waals surface area contributed by atoms with Crippen LogP contribution in [0.4, 0.5) is 0 Å². The second-order valence-corrected chi connectivity index (χ2v) is 26.2. The molecule has 0 spiro atoms. The molecule has 0 saturated carbocycles. The number of likely N-dealkylation sites (tertiary alicyclic amines) is 2. The molecule has 0 radical (unpaired) electrons. The van der Waals surface area contributed by atoms with E-state index in [0.717, 1.165) is 0 Å². The Hall–Kier alpha value is -10.6. The number of likely N-dealkylation sites (N-methyl/N-ethyl adjacent to an activating group) is 2. The van der Waals surface area contributed by atoms with Crippen molar-refractivity contribution < 1.29 is 67.6 Å². The van der Waals surface area contributed by atoms with E-state index in [0.29, 0.717) is 45.1 Å². The van der Waals surface area contributed by atoms with Crippen molar-refractivity contribution in [1.29, 1.82) is 0 Å². The van der Waals surface area contributed by atoms with Crippen LogP contribution in [0.25, 0.3) is 0 Å². The van der Waals surface area contributed by atoms with Gasteiger partial charge in [0, 0.05) is 51.6 Å². The Morgan fingerprint density at radius 2 is 0.870 bits per heavy atom. The van der Waals surface area contributed by atoms with Gasteiger partial charge in [0.15, 0.2) is 0 Å². The van der Waals surface area contributed by atoms with E-state index in [9.17, 15) is 58.2 Å². The highest BCUT2D eigenvalue weighted by molar-refractivity contribution is 5.98. The SMILES string of the molecule is CN[C@@H](C)C(=O)N[C@H](C(=O)N1C[C@@H]2C[C@H]1C(=O)N[C@@H](Cc1ccccc1)C(=O)N[C@H](C(=O)O)Cc1ccc(cc1)OCc1cn(nn1)[C@H]1C[C@@H](C(=O)N[C@@H](Cc3ccccc3)C(=O)N[C@H](C(=O)O)Cc3ccc(cc3)OCc3cn2nn3)N(C(=O)[C@@H](NC(=O)[C@H](C)NC)C(C)C)C1)C(C)C.